The second kappa shape index (κ2) is 9.41. The third kappa shape index (κ3) is 5.99. The minimum Gasteiger partial charge on any atom is -0.494 e. The van der Waals surface area contributed by atoms with Gasteiger partial charge in [0.1, 0.15) is 11.8 Å². The van der Waals surface area contributed by atoms with Crippen molar-refractivity contribution in [2.75, 3.05) is 23.7 Å². The topological polar surface area (TPSA) is 75.7 Å². The molecule has 2 aromatic rings. The molecule has 0 aromatic heterocycles. The van der Waals surface area contributed by atoms with Crippen molar-refractivity contribution in [1.29, 1.82) is 0 Å². The molecule has 0 unspecified atom stereocenters. The summed E-state index contributed by atoms with van der Waals surface area (Å²) >= 11 is 0. The number of hydrogen-bond acceptors (Lipinski definition) is 4. The van der Waals surface area contributed by atoms with Gasteiger partial charge in [-0.2, -0.15) is 0 Å². The summed E-state index contributed by atoms with van der Waals surface area (Å²) < 4.78 is 31.1. The maximum atomic E-state index is 12.5. The van der Waals surface area contributed by atoms with Crippen LogP contribution in [0.2, 0.25) is 0 Å². The molecule has 0 saturated heterocycles. The van der Waals surface area contributed by atoms with Crippen molar-refractivity contribution in [3.8, 4) is 5.75 Å². The molecule has 2 aromatic carbocycles. The Bertz CT molecular complexity index is 836. The first-order valence-corrected chi connectivity index (χ1v) is 10.7. The molecular formula is C20H26N2O4S. The molecule has 0 saturated carbocycles. The van der Waals surface area contributed by atoms with Crippen LogP contribution in [0.15, 0.2) is 54.6 Å². The lowest BCUT2D eigenvalue weighted by molar-refractivity contribution is -0.121. The number of amides is 1. The number of nitrogens with zero attached hydrogens (tertiary/aromatic N) is 1. The van der Waals surface area contributed by atoms with E-state index in [1.807, 2.05) is 37.3 Å². The monoisotopic (exact) mass is 390 g/mol. The first kappa shape index (κ1) is 20.8. The Morgan fingerprint density at radius 3 is 2.30 bits per heavy atom. The van der Waals surface area contributed by atoms with Gasteiger partial charge in [-0.15, -0.1) is 0 Å². The lowest BCUT2D eigenvalue weighted by Crippen LogP contribution is -2.48. The fourth-order valence-electron chi connectivity index (χ4n) is 2.79. The maximum absolute atomic E-state index is 12.5. The molecule has 0 bridgehead atoms. The van der Waals surface area contributed by atoms with E-state index in [9.17, 15) is 13.2 Å². The van der Waals surface area contributed by atoms with Crippen LogP contribution in [0.4, 0.5) is 5.69 Å². The van der Waals surface area contributed by atoms with Gasteiger partial charge in [-0.1, -0.05) is 30.3 Å². The molecular weight excluding hydrogens is 364 g/mol. The molecule has 0 spiro atoms. The van der Waals surface area contributed by atoms with Gasteiger partial charge >= 0.3 is 0 Å². The molecule has 0 aliphatic heterocycles. The van der Waals surface area contributed by atoms with Crippen LogP contribution in [0.1, 0.15) is 19.4 Å². The zero-order valence-electron chi connectivity index (χ0n) is 15.9. The first-order valence-electron chi connectivity index (χ1n) is 8.87. The van der Waals surface area contributed by atoms with Crippen LogP contribution in [0, 0.1) is 0 Å². The van der Waals surface area contributed by atoms with Crippen molar-refractivity contribution in [2.24, 2.45) is 0 Å². The van der Waals surface area contributed by atoms with Gasteiger partial charge in [-0.05, 0) is 50.1 Å². The van der Waals surface area contributed by atoms with Crippen molar-refractivity contribution >= 4 is 21.6 Å². The third-order valence-electron chi connectivity index (χ3n) is 4.05. The van der Waals surface area contributed by atoms with E-state index in [1.165, 1.54) is 0 Å². The number of nitrogens with one attached hydrogen (secondary N) is 1. The summed E-state index contributed by atoms with van der Waals surface area (Å²) in [6, 6.07) is 15.6. The molecule has 2 rings (SSSR count). The standard InChI is InChI=1S/C20H26N2O4S/c1-4-26-19-12-10-18(11-13-19)22(27(3,24)25)16(2)20(23)21-15-14-17-8-6-5-7-9-17/h5-13,16H,4,14-15H2,1-3H3,(H,21,23)/t16-/m1/s1. The number of carbonyl (C=O) groups excluding carboxylic acids is 1. The molecule has 6 nitrogen and oxygen atoms in total. The average Bonchev–Trinajstić information content (AvgIpc) is 2.63. The summed E-state index contributed by atoms with van der Waals surface area (Å²) in [5.74, 6) is 0.305. The number of hydrogen-bond donors (Lipinski definition) is 1. The zero-order chi connectivity index (χ0) is 19.9. The Morgan fingerprint density at radius 2 is 1.74 bits per heavy atom. The highest BCUT2D eigenvalue weighted by molar-refractivity contribution is 7.92. The van der Waals surface area contributed by atoms with E-state index in [0.717, 1.165) is 16.1 Å². The Hall–Kier alpha value is -2.54. The molecule has 146 valence electrons. The summed E-state index contributed by atoms with van der Waals surface area (Å²) in [6.45, 7) is 4.41. The van der Waals surface area contributed by atoms with Crippen molar-refractivity contribution in [1.82, 2.24) is 5.32 Å². The van der Waals surface area contributed by atoms with Crippen LogP contribution < -0.4 is 14.4 Å². The number of anilines is 1. The van der Waals surface area contributed by atoms with Gasteiger partial charge in [-0.3, -0.25) is 9.10 Å². The second-order valence-electron chi connectivity index (χ2n) is 6.19. The minimum atomic E-state index is -3.63. The Kier molecular flexibility index (Phi) is 7.24. The summed E-state index contributed by atoms with van der Waals surface area (Å²) in [7, 11) is -3.63. The number of ether oxygens (including phenoxy) is 1. The van der Waals surface area contributed by atoms with E-state index in [-0.39, 0.29) is 5.91 Å². The third-order valence-corrected chi connectivity index (χ3v) is 5.29. The number of carbonyl (C=O) groups is 1. The molecule has 0 radical (unpaired) electrons. The lowest BCUT2D eigenvalue weighted by atomic mass is 10.1. The molecule has 0 aliphatic carbocycles. The number of sulfonamides is 1. The summed E-state index contributed by atoms with van der Waals surface area (Å²) in [5, 5.41) is 2.82. The molecule has 7 heteroatoms. The summed E-state index contributed by atoms with van der Waals surface area (Å²) in [5.41, 5.74) is 1.53. The summed E-state index contributed by atoms with van der Waals surface area (Å²) in [4.78, 5) is 12.5. The van der Waals surface area contributed by atoms with Crippen LogP contribution in [0.5, 0.6) is 5.75 Å². The van der Waals surface area contributed by atoms with E-state index in [1.54, 1.807) is 31.2 Å². The fraction of sp³-hybridized carbons (Fsp3) is 0.350. The molecule has 1 amide bonds. The van der Waals surface area contributed by atoms with Crippen molar-refractivity contribution in [2.45, 2.75) is 26.3 Å². The summed E-state index contributed by atoms with van der Waals surface area (Å²) in [6.07, 6.45) is 1.78. The highest BCUT2D eigenvalue weighted by Crippen LogP contribution is 2.24. The predicted molar refractivity (Wildman–Crippen MR) is 108 cm³/mol. The van der Waals surface area contributed by atoms with Gasteiger partial charge in [0.2, 0.25) is 15.9 Å². The van der Waals surface area contributed by atoms with Gasteiger partial charge in [0.05, 0.1) is 18.6 Å². The largest absolute Gasteiger partial charge is 0.494 e. The van der Waals surface area contributed by atoms with Crippen LogP contribution in [0.25, 0.3) is 0 Å². The molecule has 0 fully saturated rings. The van der Waals surface area contributed by atoms with E-state index < -0.39 is 16.1 Å². The zero-order valence-corrected chi connectivity index (χ0v) is 16.7. The van der Waals surface area contributed by atoms with E-state index in [0.29, 0.717) is 31.0 Å². The van der Waals surface area contributed by atoms with Crippen LogP contribution in [-0.4, -0.2) is 39.8 Å². The Morgan fingerprint density at radius 1 is 1.11 bits per heavy atom. The maximum Gasteiger partial charge on any atom is 0.243 e. The van der Waals surface area contributed by atoms with Crippen LogP contribution >= 0.6 is 0 Å². The normalized spacial score (nSPS) is 12.3. The first-order chi connectivity index (χ1) is 12.8. The van der Waals surface area contributed by atoms with Gasteiger partial charge in [-0.25, -0.2) is 8.42 Å². The van der Waals surface area contributed by atoms with E-state index in [4.69, 9.17) is 4.74 Å². The molecule has 27 heavy (non-hydrogen) atoms. The average molecular weight is 391 g/mol. The SMILES string of the molecule is CCOc1ccc(N([C@H](C)C(=O)NCCc2ccccc2)S(C)(=O)=O)cc1. The highest BCUT2D eigenvalue weighted by Gasteiger charge is 2.28. The highest BCUT2D eigenvalue weighted by atomic mass is 32.2. The van der Waals surface area contributed by atoms with Gasteiger partial charge in [0.15, 0.2) is 0 Å². The molecule has 0 heterocycles. The van der Waals surface area contributed by atoms with Crippen LogP contribution in [0.3, 0.4) is 0 Å². The fourth-order valence-corrected chi connectivity index (χ4v) is 3.96. The lowest BCUT2D eigenvalue weighted by Gasteiger charge is -2.28. The molecule has 1 N–H and O–H groups in total. The second-order valence-corrected chi connectivity index (χ2v) is 8.05. The number of benzene rings is 2. The van der Waals surface area contributed by atoms with Gasteiger partial charge in [0, 0.05) is 6.54 Å². The molecule has 1 atom stereocenters. The Balaban J connectivity index is 2.07. The van der Waals surface area contributed by atoms with Crippen molar-refractivity contribution in [3.63, 3.8) is 0 Å². The minimum absolute atomic E-state index is 0.342. The van der Waals surface area contributed by atoms with Gasteiger partial charge in [0.25, 0.3) is 0 Å². The smallest absolute Gasteiger partial charge is 0.243 e. The van der Waals surface area contributed by atoms with E-state index in [2.05, 4.69) is 5.32 Å². The van der Waals surface area contributed by atoms with Crippen LogP contribution in [-0.2, 0) is 21.2 Å². The van der Waals surface area contributed by atoms with E-state index >= 15 is 0 Å². The quantitative estimate of drug-likeness (QED) is 0.714. The van der Waals surface area contributed by atoms with Gasteiger partial charge < -0.3 is 10.1 Å². The van der Waals surface area contributed by atoms with Crippen molar-refractivity contribution in [3.05, 3.63) is 60.2 Å². The Labute approximate surface area is 161 Å². The predicted octanol–water partition coefficient (Wildman–Crippen LogP) is 2.60. The molecule has 0 aliphatic rings. The van der Waals surface area contributed by atoms with Crippen molar-refractivity contribution < 1.29 is 17.9 Å². The number of rotatable bonds is 9.